The number of hydrogen-bond acceptors (Lipinski definition) is 4. The van der Waals surface area contributed by atoms with E-state index in [0.29, 0.717) is 25.8 Å². The van der Waals surface area contributed by atoms with E-state index in [-0.39, 0.29) is 5.92 Å². The summed E-state index contributed by atoms with van der Waals surface area (Å²) in [4.78, 5) is 23.2. The largest absolute Gasteiger partial charge is 0.480 e. The summed E-state index contributed by atoms with van der Waals surface area (Å²) in [5.74, 6) is -1.51. The van der Waals surface area contributed by atoms with Gasteiger partial charge in [-0.15, -0.1) is 0 Å². The predicted octanol–water partition coefficient (Wildman–Crippen LogP) is 0.0259. The Balaban J connectivity index is 2.76. The quantitative estimate of drug-likeness (QED) is 0.720. The molecule has 7 nitrogen and oxygen atoms in total. The SMILES string of the molecule is CC(C)C[C@H](NC(=O)C1CCCN1S(C)(=O)=O)C(=O)O. The second-order valence-electron chi connectivity index (χ2n) is 5.56. The van der Waals surface area contributed by atoms with Gasteiger partial charge in [0.1, 0.15) is 12.1 Å². The minimum Gasteiger partial charge on any atom is -0.480 e. The van der Waals surface area contributed by atoms with Crippen molar-refractivity contribution >= 4 is 21.9 Å². The van der Waals surface area contributed by atoms with Crippen molar-refractivity contribution in [3.63, 3.8) is 0 Å². The van der Waals surface area contributed by atoms with Crippen LogP contribution in [0.3, 0.4) is 0 Å². The fraction of sp³-hybridized carbons (Fsp3) is 0.833. The number of nitrogens with one attached hydrogen (secondary N) is 1. The lowest BCUT2D eigenvalue weighted by molar-refractivity contribution is -0.142. The van der Waals surface area contributed by atoms with Crippen LogP contribution in [0.15, 0.2) is 0 Å². The van der Waals surface area contributed by atoms with Crippen molar-refractivity contribution in [2.24, 2.45) is 5.92 Å². The molecule has 1 rings (SSSR count). The standard InChI is InChI=1S/C12H22N2O5S/c1-8(2)7-9(12(16)17)13-11(15)10-5-4-6-14(10)20(3,18)19/h8-10H,4-7H2,1-3H3,(H,13,15)(H,16,17)/t9-,10?/m0/s1. The summed E-state index contributed by atoms with van der Waals surface area (Å²) >= 11 is 0. The van der Waals surface area contributed by atoms with Crippen LogP contribution in [0.1, 0.15) is 33.1 Å². The molecule has 1 aliphatic heterocycles. The first-order chi connectivity index (χ1) is 9.12. The Morgan fingerprint density at radius 2 is 2.00 bits per heavy atom. The van der Waals surface area contributed by atoms with Crippen molar-refractivity contribution in [1.82, 2.24) is 9.62 Å². The van der Waals surface area contributed by atoms with Crippen molar-refractivity contribution in [1.29, 1.82) is 0 Å². The van der Waals surface area contributed by atoms with Crippen LogP contribution in [0.5, 0.6) is 0 Å². The normalized spacial score (nSPS) is 21.9. The van der Waals surface area contributed by atoms with Crippen molar-refractivity contribution < 1.29 is 23.1 Å². The van der Waals surface area contributed by atoms with Gasteiger partial charge in [-0.3, -0.25) is 4.79 Å². The number of carboxylic acid groups (broad SMARTS) is 1. The summed E-state index contributed by atoms with van der Waals surface area (Å²) in [6.07, 6.45) is 2.40. The fourth-order valence-electron chi connectivity index (χ4n) is 2.36. The van der Waals surface area contributed by atoms with Crippen molar-refractivity contribution in [3.05, 3.63) is 0 Å². The first-order valence-electron chi connectivity index (χ1n) is 6.63. The minimum atomic E-state index is -3.45. The molecule has 0 aliphatic carbocycles. The van der Waals surface area contributed by atoms with Crippen LogP contribution in [-0.2, 0) is 19.6 Å². The van der Waals surface area contributed by atoms with Gasteiger partial charge in [-0.25, -0.2) is 13.2 Å². The maximum Gasteiger partial charge on any atom is 0.326 e. The van der Waals surface area contributed by atoms with Gasteiger partial charge in [0, 0.05) is 6.54 Å². The molecular formula is C12H22N2O5S. The summed E-state index contributed by atoms with van der Waals surface area (Å²) in [5.41, 5.74) is 0. The monoisotopic (exact) mass is 306 g/mol. The molecule has 2 atom stereocenters. The maximum atomic E-state index is 12.1. The van der Waals surface area contributed by atoms with E-state index in [1.807, 2.05) is 13.8 Å². The van der Waals surface area contributed by atoms with Gasteiger partial charge in [-0.1, -0.05) is 13.8 Å². The molecule has 1 fully saturated rings. The van der Waals surface area contributed by atoms with E-state index in [1.54, 1.807) is 0 Å². The van der Waals surface area contributed by atoms with E-state index in [0.717, 1.165) is 10.6 Å². The van der Waals surface area contributed by atoms with Gasteiger partial charge >= 0.3 is 5.97 Å². The van der Waals surface area contributed by atoms with Crippen molar-refractivity contribution in [2.45, 2.75) is 45.2 Å². The number of amides is 1. The summed E-state index contributed by atoms with van der Waals surface area (Å²) in [6, 6.07) is -1.77. The number of carbonyl (C=O) groups excluding carboxylic acids is 1. The summed E-state index contributed by atoms with van der Waals surface area (Å²) in [7, 11) is -3.45. The molecule has 20 heavy (non-hydrogen) atoms. The fourth-order valence-corrected chi connectivity index (χ4v) is 3.48. The number of sulfonamides is 1. The number of rotatable bonds is 6. The van der Waals surface area contributed by atoms with Crippen LogP contribution in [0, 0.1) is 5.92 Å². The summed E-state index contributed by atoms with van der Waals surface area (Å²) in [6.45, 7) is 4.03. The van der Waals surface area contributed by atoms with Gasteiger partial charge in [0.2, 0.25) is 15.9 Å². The predicted molar refractivity (Wildman–Crippen MR) is 73.6 cm³/mol. The molecule has 0 radical (unpaired) electrons. The van der Waals surface area contributed by atoms with Crippen LogP contribution in [0.2, 0.25) is 0 Å². The molecule has 1 amide bonds. The molecule has 1 heterocycles. The Morgan fingerprint density at radius 1 is 1.40 bits per heavy atom. The lowest BCUT2D eigenvalue weighted by atomic mass is 10.0. The third-order valence-electron chi connectivity index (χ3n) is 3.25. The van der Waals surface area contributed by atoms with Crippen LogP contribution >= 0.6 is 0 Å². The van der Waals surface area contributed by atoms with Gasteiger partial charge in [-0.05, 0) is 25.2 Å². The molecule has 0 spiro atoms. The number of nitrogens with zero attached hydrogens (tertiary/aromatic N) is 1. The van der Waals surface area contributed by atoms with Gasteiger partial charge < -0.3 is 10.4 Å². The van der Waals surface area contributed by atoms with Crippen LogP contribution in [-0.4, -0.2) is 54.6 Å². The molecule has 1 saturated heterocycles. The van der Waals surface area contributed by atoms with Gasteiger partial charge in [0.25, 0.3) is 0 Å². The number of aliphatic carboxylic acids is 1. The highest BCUT2D eigenvalue weighted by molar-refractivity contribution is 7.88. The van der Waals surface area contributed by atoms with E-state index in [1.165, 1.54) is 0 Å². The Hall–Kier alpha value is -1.15. The number of hydrogen-bond donors (Lipinski definition) is 2. The molecule has 8 heteroatoms. The molecule has 0 aromatic rings. The zero-order chi connectivity index (χ0) is 15.5. The number of carbonyl (C=O) groups is 2. The Morgan fingerprint density at radius 3 is 2.45 bits per heavy atom. The first kappa shape index (κ1) is 16.9. The second kappa shape index (κ2) is 6.53. The first-order valence-corrected chi connectivity index (χ1v) is 8.47. The van der Waals surface area contributed by atoms with Gasteiger partial charge in [0.15, 0.2) is 0 Å². The average Bonchev–Trinajstić information content (AvgIpc) is 2.75. The lowest BCUT2D eigenvalue weighted by Crippen LogP contribution is -2.50. The highest BCUT2D eigenvalue weighted by Crippen LogP contribution is 2.20. The van der Waals surface area contributed by atoms with Crippen LogP contribution < -0.4 is 5.32 Å². The molecule has 0 saturated carbocycles. The molecule has 0 bridgehead atoms. The Bertz CT molecular complexity index is 474. The maximum absolute atomic E-state index is 12.1. The van der Waals surface area contributed by atoms with Gasteiger partial charge in [-0.2, -0.15) is 4.31 Å². The van der Waals surface area contributed by atoms with E-state index in [2.05, 4.69) is 5.32 Å². The van der Waals surface area contributed by atoms with E-state index >= 15 is 0 Å². The van der Waals surface area contributed by atoms with Gasteiger partial charge in [0.05, 0.1) is 6.26 Å². The van der Waals surface area contributed by atoms with E-state index < -0.39 is 34.0 Å². The smallest absolute Gasteiger partial charge is 0.326 e. The topological polar surface area (TPSA) is 104 Å². The number of carboxylic acids is 1. The summed E-state index contributed by atoms with van der Waals surface area (Å²) in [5, 5.41) is 11.5. The molecule has 0 aromatic carbocycles. The third-order valence-corrected chi connectivity index (χ3v) is 4.54. The zero-order valence-electron chi connectivity index (χ0n) is 12.0. The Kier molecular flexibility index (Phi) is 5.52. The Labute approximate surface area is 119 Å². The molecular weight excluding hydrogens is 284 g/mol. The average molecular weight is 306 g/mol. The molecule has 1 aliphatic rings. The molecule has 0 aromatic heterocycles. The summed E-state index contributed by atoms with van der Waals surface area (Å²) < 4.78 is 24.3. The second-order valence-corrected chi connectivity index (χ2v) is 7.50. The highest BCUT2D eigenvalue weighted by atomic mass is 32.2. The van der Waals surface area contributed by atoms with E-state index in [9.17, 15) is 18.0 Å². The molecule has 1 unspecified atom stereocenters. The van der Waals surface area contributed by atoms with Crippen LogP contribution in [0.25, 0.3) is 0 Å². The molecule has 2 N–H and O–H groups in total. The van der Waals surface area contributed by atoms with E-state index in [4.69, 9.17) is 5.11 Å². The van der Waals surface area contributed by atoms with Crippen molar-refractivity contribution in [2.75, 3.05) is 12.8 Å². The minimum absolute atomic E-state index is 0.117. The third kappa shape index (κ3) is 4.45. The zero-order valence-corrected chi connectivity index (χ0v) is 12.8. The van der Waals surface area contributed by atoms with Crippen LogP contribution in [0.4, 0.5) is 0 Å². The molecule has 116 valence electrons. The van der Waals surface area contributed by atoms with Crippen molar-refractivity contribution in [3.8, 4) is 0 Å². The lowest BCUT2D eigenvalue weighted by Gasteiger charge is -2.24. The highest BCUT2D eigenvalue weighted by Gasteiger charge is 2.37.